The third-order valence-electron chi connectivity index (χ3n) is 3.85. The number of amides is 1. The number of thioether (sulfide) groups is 1. The molecule has 0 spiro atoms. The van der Waals surface area contributed by atoms with Crippen LogP contribution in [0.1, 0.15) is 39.5 Å². The zero-order valence-electron chi connectivity index (χ0n) is 12.4. The summed E-state index contributed by atoms with van der Waals surface area (Å²) in [6.45, 7) is 4.95. The Labute approximate surface area is 121 Å². The molecular formula is C14H28N2O2S. The van der Waals surface area contributed by atoms with Gasteiger partial charge >= 0.3 is 0 Å². The molecule has 1 amide bonds. The van der Waals surface area contributed by atoms with E-state index in [-0.39, 0.29) is 11.9 Å². The van der Waals surface area contributed by atoms with Crippen molar-refractivity contribution in [3.8, 4) is 0 Å². The minimum Gasteiger partial charge on any atom is -0.384 e. The Bertz CT molecular complexity index is 287. The van der Waals surface area contributed by atoms with Crippen molar-refractivity contribution in [2.24, 2.45) is 11.7 Å². The molecule has 3 N–H and O–H groups in total. The molecule has 19 heavy (non-hydrogen) atoms. The predicted octanol–water partition coefficient (Wildman–Crippen LogP) is 1.78. The van der Waals surface area contributed by atoms with E-state index in [9.17, 15) is 4.79 Å². The number of rotatable bonds is 9. The van der Waals surface area contributed by atoms with Crippen molar-refractivity contribution in [1.82, 2.24) is 5.32 Å². The highest BCUT2D eigenvalue weighted by molar-refractivity contribution is 7.99. The fourth-order valence-electron chi connectivity index (χ4n) is 3.04. The van der Waals surface area contributed by atoms with Gasteiger partial charge in [0.2, 0.25) is 5.91 Å². The van der Waals surface area contributed by atoms with Gasteiger partial charge in [0.15, 0.2) is 0 Å². The monoisotopic (exact) mass is 288 g/mol. The van der Waals surface area contributed by atoms with Crippen molar-refractivity contribution < 1.29 is 9.53 Å². The lowest BCUT2D eigenvalue weighted by Gasteiger charge is -2.35. The molecule has 0 aliphatic heterocycles. The second kappa shape index (κ2) is 8.12. The number of hydrogen-bond acceptors (Lipinski definition) is 4. The maximum atomic E-state index is 11.9. The van der Waals surface area contributed by atoms with Gasteiger partial charge in [-0.2, -0.15) is 11.8 Å². The van der Waals surface area contributed by atoms with Crippen molar-refractivity contribution in [3.05, 3.63) is 0 Å². The van der Waals surface area contributed by atoms with E-state index in [1.807, 2.05) is 11.8 Å². The molecule has 1 fully saturated rings. The van der Waals surface area contributed by atoms with Crippen LogP contribution in [0.5, 0.6) is 0 Å². The van der Waals surface area contributed by atoms with Gasteiger partial charge in [-0.3, -0.25) is 4.79 Å². The van der Waals surface area contributed by atoms with Crippen LogP contribution in [0.2, 0.25) is 0 Å². The molecule has 1 rings (SSSR count). The van der Waals surface area contributed by atoms with Gasteiger partial charge in [0.25, 0.3) is 0 Å². The minimum absolute atomic E-state index is 0.175. The van der Waals surface area contributed by atoms with Crippen molar-refractivity contribution in [2.45, 2.75) is 51.1 Å². The standard InChI is InChI=1S/C14H28N2O2S/c1-11(2)16-14(13(15)17)7-4-5-12(14)6-9-19-10-8-18-3/h11-12,16H,4-10H2,1-3H3,(H2,15,17). The normalized spacial score (nSPS) is 27.1. The average molecular weight is 288 g/mol. The molecule has 2 atom stereocenters. The van der Waals surface area contributed by atoms with E-state index >= 15 is 0 Å². The maximum absolute atomic E-state index is 11.9. The number of nitrogens with two attached hydrogens (primary N) is 1. The molecule has 1 saturated carbocycles. The summed E-state index contributed by atoms with van der Waals surface area (Å²) >= 11 is 1.89. The first-order valence-corrected chi connectivity index (χ1v) is 8.32. The van der Waals surface area contributed by atoms with Crippen LogP contribution in [0.25, 0.3) is 0 Å². The first kappa shape index (κ1) is 16.8. The van der Waals surface area contributed by atoms with Crippen LogP contribution in [-0.2, 0) is 9.53 Å². The van der Waals surface area contributed by atoms with Crippen molar-refractivity contribution in [3.63, 3.8) is 0 Å². The lowest BCUT2D eigenvalue weighted by molar-refractivity contribution is -0.126. The van der Waals surface area contributed by atoms with Gasteiger partial charge in [0.05, 0.1) is 6.61 Å². The van der Waals surface area contributed by atoms with Crippen molar-refractivity contribution >= 4 is 17.7 Å². The molecule has 4 nitrogen and oxygen atoms in total. The summed E-state index contributed by atoms with van der Waals surface area (Å²) in [6.07, 6.45) is 4.13. The zero-order valence-corrected chi connectivity index (χ0v) is 13.2. The molecule has 1 aliphatic carbocycles. The number of carbonyl (C=O) groups is 1. The molecule has 0 saturated heterocycles. The molecule has 0 heterocycles. The summed E-state index contributed by atoms with van der Waals surface area (Å²) in [5.74, 6) is 2.29. The van der Waals surface area contributed by atoms with Crippen LogP contribution < -0.4 is 11.1 Å². The molecule has 5 heteroatoms. The predicted molar refractivity (Wildman–Crippen MR) is 81.4 cm³/mol. The first-order chi connectivity index (χ1) is 9.03. The zero-order chi connectivity index (χ0) is 14.3. The van der Waals surface area contributed by atoms with Crippen LogP contribution in [0, 0.1) is 5.92 Å². The number of primary amides is 1. The Kier molecular flexibility index (Phi) is 7.18. The van der Waals surface area contributed by atoms with Crippen LogP contribution in [0.15, 0.2) is 0 Å². The topological polar surface area (TPSA) is 64.3 Å². The summed E-state index contributed by atoms with van der Waals surface area (Å²) in [6, 6.07) is 0.286. The average Bonchev–Trinajstić information content (AvgIpc) is 2.72. The van der Waals surface area contributed by atoms with Gasteiger partial charge in [-0.25, -0.2) is 0 Å². The van der Waals surface area contributed by atoms with E-state index in [0.29, 0.717) is 5.92 Å². The summed E-state index contributed by atoms with van der Waals surface area (Å²) < 4.78 is 5.04. The first-order valence-electron chi connectivity index (χ1n) is 7.17. The highest BCUT2D eigenvalue weighted by Gasteiger charge is 2.47. The molecule has 0 bridgehead atoms. The Morgan fingerprint density at radius 2 is 2.26 bits per heavy atom. The number of nitrogens with one attached hydrogen (secondary N) is 1. The second-order valence-corrected chi connectivity index (χ2v) is 6.84. The van der Waals surface area contributed by atoms with E-state index in [1.165, 1.54) is 0 Å². The molecule has 112 valence electrons. The molecule has 0 radical (unpaired) electrons. The van der Waals surface area contributed by atoms with E-state index < -0.39 is 5.54 Å². The molecule has 1 aliphatic rings. The molecule has 0 aromatic carbocycles. The molecule has 0 aromatic rings. The van der Waals surface area contributed by atoms with Gasteiger partial charge in [-0.1, -0.05) is 6.42 Å². The van der Waals surface area contributed by atoms with Gasteiger partial charge in [0, 0.05) is 18.9 Å². The summed E-state index contributed by atoms with van der Waals surface area (Å²) in [5.41, 5.74) is 5.22. The van der Waals surface area contributed by atoms with Gasteiger partial charge in [-0.05, 0) is 44.8 Å². The maximum Gasteiger partial charge on any atom is 0.238 e. The molecule has 2 unspecified atom stereocenters. The molecule has 0 aromatic heterocycles. The Balaban J connectivity index is 2.51. The van der Waals surface area contributed by atoms with Gasteiger partial charge in [0.1, 0.15) is 5.54 Å². The fraction of sp³-hybridized carbons (Fsp3) is 0.929. The number of ether oxygens (including phenoxy) is 1. The minimum atomic E-state index is -0.476. The third kappa shape index (κ3) is 4.65. The fourth-order valence-corrected chi connectivity index (χ4v) is 3.98. The van der Waals surface area contributed by atoms with E-state index in [2.05, 4.69) is 19.2 Å². The van der Waals surface area contributed by atoms with Crippen LogP contribution in [0.4, 0.5) is 0 Å². The molecular weight excluding hydrogens is 260 g/mol. The Morgan fingerprint density at radius 1 is 1.53 bits per heavy atom. The van der Waals surface area contributed by atoms with Crippen LogP contribution in [0.3, 0.4) is 0 Å². The Hall–Kier alpha value is -0.260. The number of methoxy groups -OCH3 is 1. The Morgan fingerprint density at radius 3 is 2.84 bits per heavy atom. The highest BCUT2D eigenvalue weighted by atomic mass is 32.2. The quantitative estimate of drug-likeness (QED) is 0.635. The van der Waals surface area contributed by atoms with E-state index in [4.69, 9.17) is 10.5 Å². The number of hydrogen-bond donors (Lipinski definition) is 2. The van der Waals surface area contributed by atoms with E-state index in [1.54, 1.807) is 7.11 Å². The third-order valence-corrected chi connectivity index (χ3v) is 4.83. The smallest absolute Gasteiger partial charge is 0.238 e. The van der Waals surface area contributed by atoms with Crippen LogP contribution in [-0.4, -0.2) is 42.7 Å². The largest absolute Gasteiger partial charge is 0.384 e. The second-order valence-electron chi connectivity index (χ2n) is 5.62. The van der Waals surface area contributed by atoms with Crippen LogP contribution >= 0.6 is 11.8 Å². The summed E-state index contributed by atoms with van der Waals surface area (Å²) in [4.78, 5) is 11.9. The highest BCUT2D eigenvalue weighted by Crippen LogP contribution is 2.38. The van der Waals surface area contributed by atoms with Crippen molar-refractivity contribution in [1.29, 1.82) is 0 Å². The number of carbonyl (C=O) groups excluding carboxylic acids is 1. The van der Waals surface area contributed by atoms with Gasteiger partial charge in [-0.15, -0.1) is 0 Å². The van der Waals surface area contributed by atoms with E-state index in [0.717, 1.165) is 43.8 Å². The van der Waals surface area contributed by atoms with Crippen molar-refractivity contribution in [2.75, 3.05) is 25.2 Å². The summed E-state index contributed by atoms with van der Waals surface area (Å²) in [5, 5.41) is 3.45. The van der Waals surface area contributed by atoms with Gasteiger partial charge < -0.3 is 15.8 Å². The SMILES string of the molecule is COCCSCCC1CCCC1(NC(C)C)C(N)=O. The summed E-state index contributed by atoms with van der Waals surface area (Å²) in [7, 11) is 1.72. The lowest BCUT2D eigenvalue weighted by atomic mass is 9.83. The lowest BCUT2D eigenvalue weighted by Crippen LogP contribution is -2.60.